The molecule has 0 unspecified atom stereocenters. The lowest BCUT2D eigenvalue weighted by Crippen LogP contribution is -1.97. The highest BCUT2D eigenvalue weighted by molar-refractivity contribution is 7.99. The van der Waals surface area contributed by atoms with Gasteiger partial charge in [-0.05, 0) is 30.0 Å². The molecule has 0 radical (unpaired) electrons. The van der Waals surface area contributed by atoms with Gasteiger partial charge in [0.05, 0.1) is 5.69 Å². The molecule has 5 aromatic rings. The summed E-state index contributed by atoms with van der Waals surface area (Å²) < 4.78 is 7.50. The maximum Gasteiger partial charge on any atom is 0.263 e. The van der Waals surface area contributed by atoms with E-state index in [1.165, 1.54) is 18.1 Å². The van der Waals surface area contributed by atoms with Gasteiger partial charge in [0.25, 0.3) is 11.0 Å². The molecule has 6 nitrogen and oxygen atoms in total. The van der Waals surface area contributed by atoms with Crippen LogP contribution in [0.15, 0.2) is 81.7 Å². The molecule has 120 valence electrons. The fraction of sp³-hybridized carbons (Fsp3) is 0. The second-order valence-electron chi connectivity index (χ2n) is 5.37. The minimum absolute atomic E-state index is 0.542. The molecule has 2 aromatic carbocycles. The van der Waals surface area contributed by atoms with Crippen LogP contribution in [0.2, 0.25) is 0 Å². The lowest BCUT2D eigenvalue weighted by molar-refractivity contribution is 0.489. The van der Waals surface area contributed by atoms with Crippen molar-refractivity contribution in [1.29, 1.82) is 0 Å². The van der Waals surface area contributed by atoms with E-state index in [0.29, 0.717) is 11.0 Å². The van der Waals surface area contributed by atoms with Gasteiger partial charge in [0.15, 0.2) is 5.58 Å². The molecule has 3 aromatic heterocycles. The van der Waals surface area contributed by atoms with Gasteiger partial charge < -0.3 is 4.42 Å². The maximum atomic E-state index is 5.81. The predicted molar refractivity (Wildman–Crippen MR) is 94.4 cm³/mol. The van der Waals surface area contributed by atoms with Crippen LogP contribution < -0.4 is 0 Å². The Morgan fingerprint density at radius 2 is 1.76 bits per heavy atom. The lowest BCUT2D eigenvalue weighted by Gasteiger charge is -2.05. The molecule has 0 amide bonds. The molecular formula is C18H11N5OS. The molecule has 0 aliphatic rings. The van der Waals surface area contributed by atoms with Crippen LogP contribution in [-0.2, 0) is 0 Å². The van der Waals surface area contributed by atoms with Crippen LogP contribution in [0.25, 0.3) is 28.1 Å². The summed E-state index contributed by atoms with van der Waals surface area (Å²) in [6.45, 7) is 0. The molecule has 0 saturated carbocycles. The molecule has 25 heavy (non-hydrogen) atoms. The van der Waals surface area contributed by atoms with Crippen molar-refractivity contribution in [2.75, 3.05) is 0 Å². The molecule has 0 atom stereocenters. The smallest absolute Gasteiger partial charge is 0.263 e. The summed E-state index contributed by atoms with van der Waals surface area (Å²) in [5, 5.41) is 5.66. The Morgan fingerprint density at radius 1 is 0.920 bits per heavy atom. The molecule has 3 heterocycles. The molecule has 0 N–H and O–H groups in total. The number of hydrogen-bond acceptors (Lipinski definition) is 6. The Balaban J connectivity index is 1.63. The lowest BCUT2D eigenvalue weighted by atomic mass is 10.1. The molecular weight excluding hydrogens is 334 g/mol. The average Bonchev–Trinajstić information content (AvgIpc) is 3.28. The van der Waals surface area contributed by atoms with Gasteiger partial charge in [-0.3, -0.25) is 0 Å². The summed E-state index contributed by atoms with van der Waals surface area (Å²) in [6.07, 6.45) is 1.49. The molecule has 0 aliphatic heterocycles. The van der Waals surface area contributed by atoms with E-state index in [4.69, 9.17) is 4.42 Å². The highest BCUT2D eigenvalue weighted by Crippen LogP contribution is 2.31. The molecule has 0 spiro atoms. The summed E-state index contributed by atoms with van der Waals surface area (Å²) in [6, 6.07) is 19.6. The molecule has 0 bridgehead atoms. The first-order valence-corrected chi connectivity index (χ1v) is 8.48. The Morgan fingerprint density at radius 3 is 2.64 bits per heavy atom. The van der Waals surface area contributed by atoms with E-state index >= 15 is 0 Å². The van der Waals surface area contributed by atoms with Crippen LogP contribution in [0.4, 0.5) is 0 Å². The topological polar surface area (TPSA) is 69.1 Å². The minimum atomic E-state index is 0.542. The van der Waals surface area contributed by atoms with Crippen molar-refractivity contribution in [3.63, 3.8) is 0 Å². The van der Waals surface area contributed by atoms with Crippen molar-refractivity contribution in [2.45, 2.75) is 10.2 Å². The first kappa shape index (κ1) is 14.2. The third kappa shape index (κ3) is 2.54. The molecule has 0 fully saturated rings. The highest BCUT2D eigenvalue weighted by atomic mass is 32.2. The fourth-order valence-electron chi connectivity index (χ4n) is 2.60. The predicted octanol–water partition coefficient (Wildman–Crippen LogP) is 4.08. The number of hydrogen-bond donors (Lipinski definition) is 0. The molecule has 0 aliphatic carbocycles. The monoisotopic (exact) mass is 345 g/mol. The molecule has 0 saturated heterocycles. The maximum absolute atomic E-state index is 5.81. The second kappa shape index (κ2) is 5.71. The van der Waals surface area contributed by atoms with Gasteiger partial charge >= 0.3 is 0 Å². The van der Waals surface area contributed by atoms with E-state index in [2.05, 4.69) is 20.1 Å². The summed E-state index contributed by atoms with van der Waals surface area (Å²) in [5.74, 6) is 0.542. The third-order valence-corrected chi connectivity index (χ3v) is 4.60. The largest absolute Gasteiger partial charge is 0.431 e. The third-order valence-electron chi connectivity index (χ3n) is 3.75. The van der Waals surface area contributed by atoms with Crippen molar-refractivity contribution in [2.24, 2.45) is 0 Å². The summed E-state index contributed by atoms with van der Waals surface area (Å²) in [5.41, 5.74) is 3.45. The zero-order valence-electron chi connectivity index (χ0n) is 12.9. The standard InChI is InChI=1S/C18H11N5OS/c1-2-6-12(7-3-1)14-10-16(23-17(21-14)19-11-20-23)25-18-22-13-8-4-5-9-15(13)24-18/h1-11H. The number of para-hydroxylation sites is 2. The van der Waals surface area contributed by atoms with E-state index in [0.717, 1.165) is 27.4 Å². The first-order valence-electron chi connectivity index (χ1n) is 7.66. The van der Waals surface area contributed by atoms with Crippen LogP contribution in [0.5, 0.6) is 0 Å². The zero-order valence-corrected chi connectivity index (χ0v) is 13.7. The van der Waals surface area contributed by atoms with Gasteiger partial charge in [-0.1, -0.05) is 42.5 Å². The normalized spacial score (nSPS) is 11.4. The average molecular weight is 345 g/mol. The van der Waals surface area contributed by atoms with Gasteiger partial charge in [0.1, 0.15) is 16.9 Å². The van der Waals surface area contributed by atoms with Crippen molar-refractivity contribution >= 4 is 28.6 Å². The minimum Gasteiger partial charge on any atom is -0.431 e. The Kier molecular flexibility index (Phi) is 3.24. The molecule has 7 heteroatoms. The summed E-state index contributed by atoms with van der Waals surface area (Å²) in [7, 11) is 0. The zero-order chi connectivity index (χ0) is 16.6. The number of aromatic nitrogens is 5. The second-order valence-corrected chi connectivity index (χ2v) is 6.34. The number of oxazole rings is 1. The quantitative estimate of drug-likeness (QED) is 0.459. The SMILES string of the molecule is c1ccc(-c2cc(Sc3nc4ccccc4o3)n3ncnc3n2)cc1. The Bertz CT molecular complexity index is 1150. The number of nitrogens with zero attached hydrogens (tertiary/aromatic N) is 5. The van der Waals surface area contributed by atoms with E-state index in [1.807, 2.05) is 60.7 Å². The van der Waals surface area contributed by atoms with Gasteiger partial charge in [0.2, 0.25) is 0 Å². The molecule has 5 rings (SSSR count). The van der Waals surface area contributed by atoms with Crippen molar-refractivity contribution in [3.05, 3.63) is 67.0 Å². The van der Waals surface area contributed by atoms with E-state index in [-0.39, 0.29) is 0 Å². The van der Waals surface area contributed by atoms with Crippen molar-refractivity contribution in [3.8, 4) is 11.3 Å². The van der Waals surface area contributed by atoms with E-state index < -0.39 is 0 Å². The summed E-state index contributed by atoms with van der Waals surface area (Å²) >= 11 is 1.40. The van der Waals surface area contributed by atoms with Crippen LogP contribution in [0.1, 0.15) is 0 Å². The van der Waals surface area contributed by atoms with E-state index in [9.17, 15) is 0 Å². The van der Waals surface area contributed by atoms with Crippen molar-refractivity contribution in [1.82, 2.24) is 24.6 Å². The first-order chi connectivity index (χ1) is 12.4. The Labute approximate surface area is 146 Å². The number of rotatable bonds is 3. The number of benzene rings is 2. The summed E-state index contributed by atoms with van der Waals surface area (Å²) in [4.78, 5) is 13.3. The van der Waals surface area contributed by atoms with Crippen molar-refractivity contribution < 1.29 is 4.42 Å². The number of fused-ring (bicyclic) bond motifs is 2. The fourth-order valence-corrected chi connectivity index (χ4v) is 3.44. The van der Waals surface area contributed by atoms with Crippen LogP contribution in [-0.4, -0.2) is 24.6 Å². The van der Waals surface area contributed by atoms with Crippen LogP contribution in [0, 0.1) is 0 Å². The highest BCUT2D eigenvalue weighted by Gasteiger charge is 2.14. The van der Waals surface area contributed by atoms with Gasteiger partial charge in [-0.2, -0.15) is 14.6 Å². The van der Waals surface area contributed by atoms with Crippen LogP contribution in [0.3, 0.4) is 0 Å². The Hall–Kier alpha value is -3.19. The van der Waals surface area contributed by atoms with E-state index in [1.54, 1.807) is 4.52 Å². The van der Waals surface area contributed by atoms with Crippen LogP contribution >= 0.6 is 11.8 Å². The van der Waals surface area contributed by atoms with Gasteiger partial charge in [-0.25, -0.2) is 9.97 Å². The van der Waals surface area contributed by atoms with Gasteiger partial charge in [0, 0.05) is 5.56 Å². The van der Waals surface area contributed by atoms with Gasteiger partial charge in [-0.15, -0.1) is 0 Å².